The lowest BCUT2D eigenvalue weighted by Gasteiger charge is -2.34. The van der Waals surface area contributed by atoms with E-state index in [1.807, 2.05) is 24.3 Å². The second-order valence-corrected chi connectivity index (χ2v) is 7.32. The number of aromatic nitrogens is 1. The van der Waals surface area contributed by atoms with Gasteiger partial charge < -0.3 is 14.4 Å². The van der Waals surface area contributed by atoms with Gasteiger partial charge in [-0.25, -0.2) is 0 Å². The number of aliphatic hydroxyl groups excluding tert-OH is 1. The number of ether oxygens (including phenoxy) is 1. The highest BCUT2D eigenvalue weighted by molar-refractivity contribution is 6.19. The lowest BCUT2D eigenvalue weighted by atomic mass is 9.76. The molecule has 2 atom stereocenters. The zero-order valence-electron chi connectivity index (χ0n) is 16.3. The molecular weight excluding hydrogens is 384 g/mol. The summed E-state index contributed by atoms with van der Waals surface area (Å²) in [5.41, 5.74) is 3.68. The summed E-state index contributed by atoms with van der Waals surface area (Å²) in [6.45, 7) is 1.77. The molecule has 0 fully saturated rings. The quantitative estimate of drug-likeness (QED) is 0.713. The molecule has 150 valence electrons. The first-order chi connectivity index (χ1) is 14.5. The standard InChI is InChI=1S/C23H18N2O5/c1-12-15-4-3-5-17(29-2)18(15)20-19(21(12)26)22(27)23(28)25(20)14-8-6-13(7-9-14)16-10-11-30-24-16/h3-12,20,27H,1-2H3. The summed E-state index contributed by atoms with van der Waals surface area (Å²) in [6, 6.07) is 13.6. The zero-order valence-corrected chi connectivity index (χ0v) is 16.3. The van der Waals surface area contributed by atoms with E-state index < -0.39 is 23.6 Å². The molecule has 5 rings (SSSR count). The smallest absolute Gasteiger partial charge is 0.294 e. The predicted molar refractivity (Wildman–Crippen MR) is 108 cm³/mol. The number of anilines is 1. The monoisotopic (exact) mass is 402 g/mol. The fourth-order valence-electron chi connectivity index (χ4n) is 4.33. The normalized spacial score (nSPS) is 20.4. The maximum Gasteiger partial charge on any atom is 0.294 e. The topological polar surface area (TPSA) is 92.9 Å². The Morgan fingerprint density at radius 2 is 1.87 bits per heavy atom. The van der Waals surface area contributed by atoms with Crippen LogP contribution in [-0.4, -0.2) is 29.1 Å². The van der Waals surface area contributed by atoms with Gasteiger partial charge in [0.15, 0.2) is 11.5 Å². The third kappa shape index (κ3) is 2.41. The first kappa shape index (κ1) is 18.2. The van der Waals surface area contributed by atoms with Gasteiger partial charge in [-0.05, 0) is 23.8 Å². The molecule has 1 N–H and O–H groups in total. The first-order valence-electron chi connectivity index (χ1n) is 9.51. The van der Waals surface area contributed by atoms with Crippen LogP contribution >= 0.6 is 0 Å². The summed E-state index contributed by atoms with van der Waals surface area (Å²) < 4.78 is 10.4. The minimum atomic E-state index is -0.745. The third-order valence-electron chi connectivity index (χ3n) is 5.81. The first-order valence-corrected chi connectivity index (χ1v) is 9.51. The fourth-order valence-corrected chi connectivity index (χ4v) is 4.33. The van der Waals surface area contributed by atoms with Crippen molar-refractivity contribution in [2.45, 2.75) is 18.9 Å². The van der Waals surface area contributed by atoms with E-state index >= 15 is 0 Å². The van der Waals surface area contributed by atoms with Crippen LogP contribution in [0.4, 0.5) is 5.69 Å². The van der Waals surface area contributed by atoms with Crippen molar-refractivity contribution in [1.82, 2.24) is 5.16 Å². The Hall–Kier alpha value is -3.87. The van der Waals surface area contributed by atoms with Crippen molar-refractivity contribution < 1.29 is 24.0 Å². The van der Waals surface area contributed by atoms with Gasteiger partial charge in [0.05, 0.1) is 18.7 Å². The number of benzene rings is 2. The van der Waals surface area contributed by atoms with Gasteiger partial charge in [0, 0.05) is 28.8 Å². The summed E-state index contributed by atoms with van der Waals surface area (Å²) in [7, 11) is 1.55. The molecule has 0 spiro atoms. The SMILES string of the molecule is COc1cccc2c1C1C(=C(O)C(=O)N1c1ccc(-c3ccon3)cc1)C(=O)C2C. The summed E-state index contributed by atoms with van der Waals surface area (Å²) in [5.74, 6) is -1.28. The number of carbonyl (C=O) groups excluding carboxylic acids is 2. The van der Waals surface area contributed by atoms with E-state index in [9.17, 15) is 14.7 Å². The number of fused-ring (bicyclic) bond motifs is 3. The molecule has 2 unspecified atom stereocenters. The minimum absolute atomic E-state index is 0.116. The van der Waals surface area contributed by atoms with Gasteiger partial charge >= 0.3 is 0 Å². The van der Waals surface area contributed by atoms with Crippen molar-refractivity contribution in [2.24, 2.45) is 0 Å². The van der Waals surface area contributed by atoms with Crippen molar-refractivity contribution in [3.63, 3.8) is 0 Å². The molecule has 0 radical (unpaired) electrons. The molecule has 0 saturated carbocycles. The van der Waals surface area contributed by atoms with Crippen molar-refractivity contribution in [2.75, 3.05) is 12.0 Å². The third-order valence-corrected chi connectivity index (χ3v) is 5.81. The summed E-state index contributed by atoms with van der Waals surface area (Å²) in [4.78, 5) is 27.5. The van der Waals surface area contributed by atoms with Crippen LogP contribution in [0.5, 0.6) is 5.75 Å². The van der Waals surface area contributed by atoms with E-state index in [-0.39, 0.29) is 11.4 Å². The fraction of sp³-hybridized carbons (Fsp3) is 0.174. The van der Waals surface area contributed by atoms with Gasteiger partial charge in [0.1, 0.15) is 17.7 Å². The predicted octanol–water partition coefficient (Wildman–Crippen LogP) is 3.94. The number of methoxy groups -OCH3 is 1. The second-order valence-electron chi connectivity index (χ2n) is 7.32. The Bertz CT molecular complexity index is 1190. The van der Waals surface area contributed by atoms with Crippen LogP contribution in [0.2, 0.25) is 0 Å². The molecule has 7 heteroatoms. The molecule has 2 heterocycles. The van der Waals surface area contributed by atoms with E-state index in [0.29, 0.717) is 17.1 Å². The van der Waals surface area contributed by atoms with Gasteiger partial charge in [-0.3, -0.25) is 14.5 Å². The van der Waals surface area contributed by atoms with Crippen molar-refractivity contribution >= 4 is 17.4 Å². The molecule has 0 saturated heterocycles. The Labute approximate surface area is 172 Å². The molecule has 1 aromatic heterocycles. The Morgan fingerprint density at radius 3 is 2.53 bits per heavy atom. The largest absolute Gasteiger partial charge is 0.503 e. The van der Waals surface area contributed by atoms with Gasteiger partial charge in [-0.1, -0.05) is 36.3 Å². The molecule has 1 amide bonds. The number of amides is 1. The number of Topliss-reactive ketones (excluding diaryl/α,β-unsaturated/α-hetero) is 1. The van der Waals surface area contributed by atoms with Gasteiger partial charge in [0.2, 0.25) is 0 Å². The highest BCUT2D eigenvalue weighted by Crippen LogP contribution is 2.51. The van der Waals surface area contributed by atoms with Gasteiger partial charge in [0.25, 0.3) is 5.91 Å². The van der Waals surface area contributed by atoms with Gasteiger partial charge in [-0.15, -0.1) is 0 Å². The second kappa shape index (κ2) is 6.59. The van der Waals surface area contributed by atoms with Crippen LogP contribution in [0.3, 0.4) is 0 Å². The van der Waals surface area contributed by atoms with Crippen LogP contribution in [-0.2, 0) is 9.59 Å². The lowest BCUT2D eigenvalue weighted by molar-refractivity contribution is -0.118. The van der Waals surface area contributed by atoms with Crippen LogP contribution in [0.25, 0.3) is 11.3 Å². The number of aliphatic hydroxyl groups is 1. The molecule has 3 aromatic rings. The van der Waals surface area contributed by atoms with E-state index in [2.05, 4.69) is 5.16 Å². The highest BCUT2D eigenvalue weighted by Gasteiger charge is 2.50. The maximum atomic E-state index is 13.1. The Balaban J connectivity index is 1.67. The van der Waals surface area contributed by atoms with Gasteiger partial charge in [-0.2, -0.15) is 0 Å². The molecule has 1 aliphatic carbocycles. The van der Waals surface area contributed by atoms with E-state index in [1.165, 1.54) is 11.2 Å². The number of nitrogens with zero attached hydrogens (tertiary/aromatic N) is 2. The number of hydrogen-bond acceptors (Lipinski definition) is 6. The van der Waals surface area contributed by atoms with E-state index in [0.717, 1.165) is 16.7 Å². The Kier molecular flexibility index (Phi) is 3.99. The van der Waals surface area contributed by atoms with Crippen molar-refractivity contribution in [3.8, 4) is 17.0 Å². The molecule has 2 aromatic carbocycles. The van der Waals surface area contributed by atoms with E-state index in [4.69, 9.17) is 9.26 Å². The summed E-state index contributed by atoms with van der Waals surface area (Å²) in [5, 5.41) is 14.5. The van der Waals surface area contributed by atoms with Crippen LogP contribution < -0.4 is 9.64 Å². The number of ketones is 1. The number of carbonyl (C=O) groups is 2. The number of rotatable bonds is 3. The molecule has 1 aliphatic heterocycles. The molecule has 7 nitrogen and oxygen atoms in total. The lowest BCUT2D eigenvalue weighted by Crippen LogP contribution is -2.35. The maximum absolute atomic E-state index is 13.1. The molecule has 0 bridgehead atoms. The minimum Gasteiger partial charge on any atom is -0.503 e. The van der Waals surface area contributed by atoms with Crippen molar-refractivity contribution in [1.29, 1.82) is 0 Å². The Morgan fingerprint density at radius 1 is 1.10 bits per heavy atom. The zero-order chi connectivity index (χ0) is 21.0. The molecular formula is C23H18N2O5. The molecule has 30 heavy (non-hydrogen) atoms. The van der Waals surface area contributed by atoms with Crippen LogP contribution in [0.15, 0.2) is 70.6 Å². The van der Waals surface area contributed by atoms with Crippen LogP contribution in [0, 0.1) is 0 Å². The van der Waals surface area contributed by atoms with E-state index in [1.54, 1.807) is 38.3 Å². The summed E-state index contributed by atoms with van der Waals surface area (Å²) in [6.07, 6.45) is 1.49. The van der Waals surface area contributed by atoms with Crippen molar-refractivity contribution in [3.05, 3.63) is 77.3 Å². The average Bonchev–Trinajstić information content (AvgIpc) is 3.39. The highest BCUT2D eigenvalue weighted by atomic mass is 16.5. The average molecular weight is 402 g/mol. The number of hydrogen-bond donors (Lipinski definition) is 1. The molecule has 2 aliphatic rings. The summed E-state index contributed by atoms with van der Waals surface area (Å²) >= 11 is 0. The van der Waals surface area contributed by atoms with Crippen LogP contribution in [0.1, 0.15) is 30.0 Å².